The number of esters is 4. The average molecular weight is 1340 g/mol. The third-order valence-corrected chi connectivity index (χ3v) is 18.8. The van der Waals surface area contributed by atoms with Crippen molar-refractivity contribution in [2.75, 3.05) is 39.6 Å². The van der Waals surface area contributed by atoms with E-state index >= 15 is 0 Å². The van der Waals surface area contributed by atoms with Crippen LogP contribution in [0.4, 0.5) is 0 Å². The number of aliphatic hydroxyl groups is 1. The van der Waals surface area contributed by atoms with Crippen LogP contribution in [0.3, 0.4) is 0 Å². The molecule has 0 fully saturated rings. The number of unbranched alkanes of at least 4 members (excludes halogenated alkanes) is 34. The van der Waals surface area contributed by atoms with Gasteiger partial charge in [0.1, 0.15) is 19.3 Å². The van der Waals surface area contributed by atoms with E-state index in [2.05, 4.69) is 55.4 Å². The predicted molar refractivity (Wildman–Crippen MR) is 367 cm³/mol. The SMILES string of the molecule is CCC(C)CCCCCCCCC(=O)O[C@H](COC(=O)CCCCCCCCCCCCCCCC(C)C)COP(=O)(O)OC[C@@H](O)COP(=O)(O)OC[C@@H](COC(=O)CCCCCCCCC(C)C)OC(=O)CCCCCCCCCCCCCCCC(C)C. The van der Waals surface area contributed by atoms with E-state index in [1.165, 1.54) is 154 Å². The van der Waals surface area contributed by atoms with Gasteiger partial charge in [-0.25, -0.2) is 9.13 Å². The molecule has 0 aromatic rings. The van der Waals surface area contributed by atoms with Crippen LogP contribution in [0.25, 0.3) is 0 Å². The molecule has 0 saturated carbocycles. The first-order valence-electron chi connectivity index (χ1n) is 37.2. The molecule has 0 radical (unpaired) electrons. The third-order valence-electron chi connectivity index (χ3n) is 16.9. The van der Waals surface area contributed by atoms with Crippen molar-refractivity contribution in [2.45, 2.75) is 375 Å². The van der Waals surface area contributed by atoms with Gasteiger partial charge in [-0.1, -0.05) is 306 Å². The molecule has 0 heterocycles. The van der Waals surface area contributed by atoms with Crippen molar-refractivity contribution in [2.24, 2.45) is 23.7 Å². The van der Waals surface area contributed by atoms with E-state index in [0.29, 0.717) is 31.6 Å². The fourth-order valence-corrected chi connectivity index (χ4v) is 12.4. The maximum atomic E-state index is 13.0. The highest BCUT2D eigenvalue weighted by atomic mass is 31.2. The van der Waals surface area contributed by atoms with Crippen LogP contribution in [-0.2, 0) is 65.4 Å². The molecule has 0 aromatic carbocycles. The summed E-state index contributed by atoms with van der Waals surface area (Å²) in [5.74, 6) is 0.847. The van der Waals surface area contributed by atoms with Gasteiger partial charge in [-0.15, -0.1) is 0 Å². The standard InChI is InChI=1S/C72H140O17P2/c1-9-65(8)51-43-35-29-31-39-47-55-72(77)89-68(58-82-69(74)52-44-36-26-22-18-14-10-12-16-20-24-32-40-48-62(2)3)61-87-91(80,81)85-57-66(73)56-84-90(78,79)86-60-67(59-83-70(75)53-45-37-30-28-34-42-50-64(6)7)88-71(76)54-46-38-27-23-19-15-11-13-17-21-25-33-41-49-63(4)5/h62-68,73H,9-61H2,1-8H3,(H,78,79)(H,80,81)/t65?,66-,67+,68+/m0/s1. The van der Waals surface area contributed by atoms with Gasteiger partial charge in [-0.3, -0.25) is 37.3 Å². The summed E-state index contributed by atoms with van der Waals surface area (Å²) in [5, 5.41) is 10.6. The minimum atomic E-state index is -4.95. The highest BCUT2D eigenvalue weighted by Crippen LogP contribution is 2.45. The minimum absolute atomic E-state index is 0.103. The number of hydrogen-bond donors (Lipinski definition) is 3. The molecular weight excluding hydrogens is 1200 g/mol. The van der Waals surface area contributed by atoms with Crippen LogP contribution in [0.15, 0.2) is 0 Å². The lowest BCUT2D eigenvalue weighted by Crippen LogP contribution is -2.30. The number of carbonyl (C=O) groups excluding carboxylic acids is 4. The normalized spacial score (nSPS) is 14.5. The quantitative estimate of drug-likeness (QED) is 0.0222. The Morgan fingerprint density at radius 3 is 0.780 bits per heavy atom. The zero-order chi connectivity index (χ0) is 67.5. The Balaban J connectivity index is 5.20. The Kier molecular flexibility index (Phi) is 60.3. The number of aliphatic hydroxyl groups excluding tert-OH is 1. The van der Waals surface area contributed by atoms with E-state index in [9.17, 15) is 43.2 Å². The smallest absolute Gasteiger partial charge is 0.462 e. The molecule has 540 valence electrons. The Hall–Kier alpha value is -1.94. The topological polar surface area (TPSA) is 237 Å². The van der Waals surface area contributed by atoms with Crippen molar-refractivity contribution in [3.05, 3.63) is 0 Å². The lowest BCUT2D eigenvalue weighted by Gasteiger charge is -2.21. The lowest BCUT2D eigenvalue weighted by molar-refractivity contribution is -0.161. The molecule has 3 N–H and O–H groups in total. The molecular formula is C72H140O17P2. The third kappa shape index (κ3) is 65.1. The molecule has 0 aromatic heterocycles. The van der Waals surface area contributed by atoms with Crippen molar-refractivity contribution >= 4 is 39.5 Å². The first-order chi connectivity index (χ1) is 43.6. The van der Waals surface area contributed by atoms with E-state index < -0.39 is 97.5 Å². The van der Waals surface area contributed by atoms with Crippen LogP contribution in [0, 0.1) is 23.7 Å². The van der Waals surface area contributed by atoms with Gasteiger partial charge in [0.15, 0.2) is 12.2 Å². The number of rotatable bonds is 69. The summed E-state index contributed by atoms with van der Waals surface area (Å²) >= 11 is 0. The summed E-state index contributed by atoms with van der Waals surface area (Å²) in [7, 11) is -9.90. The van der Waals surface area contributed by atoms with E-state index in [1.54, 1.807) is 0 Å². The molecule has 3 unspecified atom stereocenters. The zero-order valence-electron chi connectivity index (χ0n) is 59.5. The molecule has 91 heavy (non-hydrogen) atoms. The van der Waals surface area contributed by atoms with Crippen molar-refractivity contribution in [3.63, 3.8) is 0 Å². The lowest BCUT2D eigenvalue weighted by atomic mass is 10.00. The molecule has 19 heteroatoms. The molecule has 0 rings (SSSR count). The Labute approximate surface area is 556 Å². The summed E-state index contributed by atoms with van der Waals surface area (Å²) in [6.45, 7) is 14.1. The van der Waals surface area contributed by atoms with Gasteiger partial charge in [-0.2, -0.15) is 0 Å². The second-order valence-corrected chi connectivity index (χ2v) is 30.6. The van der Waals surface area contributed by atoms with Crippen LogP contribution < -0.4 is 0 Å². The molecule has 0 aliphatic rings. The second kappa shape index (κ2) is 61.6. The highest BCUT2D eigenvalue weighted by Gasteiger charge is 2.30. The number of ether oxygens (including phenoxy) is 4. The maximum Gasteiger partial charge on any atom is 0.472 e. The summed E-state index contributed by atoms with van der Waals surface area (Å²) < 4.78 is 68.3. The first kappa shape index (κ1) is 89.1. The monoisotopic (exact) mass is 1340 g/mol. The molecule has 0 aliphatic carbocycles. The van der Waals surface area contributed by atoms with Gasteiger partial charge in [0, 0.05) is 25.7 Å². The number of hydrogen-bond acceptors (Lipinski definition) is 15. The van der Waals surface area contributed by atoms with Crippen LogP contribution in [-0.4, -0.2) is 96.7 Å². The molecule has 6 atom stereocenters. The summed E-state index contributed by atoms with van der Waals surface area (Å²) in [6, 6.07) is 0. The number of phosphoric ester groups is 2. The van der Waals surface area contributed by atoms with Crippen molar-refractivity contribution in [1.82, 2.24) is 0 Å². The fraction of sp³-hybridized carbons (Fsp3) is 0.944. The van der Waals surface area contributed by atoms with Gasteiger partial charge in [0.05, 0.1) is 26.4 Å². The highest BCUT2D eigenvalue weighted by molar-refractivity contribution is 7.47. The molecule has 0 amide bonds. The van der Waals surface area contributed by atoms with E-state index in [4.69, 9.17) is 37.0 Å². The first-order valence-corrected chi connectivity index (χ1v) is 40.2. The van der Waals surface area contributed by atoms with E-state index in [0.717, 1.165) is 114 Å². The van der Waals surface area contributed by atoms with Gasteiger partial charge in [0.2, 0.25) is 0 Å². The fourth-order valence-electron chi connectivity index (χ4n) is 10.8. The largest absolute Gasteiger partial charge is 0.472 e. The van der Waals surface area contributed by atoms with Crippen molar-refractivity contribution in [1.29, 1.82) is 0 Å². The minimum Gasteiger partial charge on any atom is -0.462 e. The Bertz CT molecular complexity index is 1800. The summed E-state index contributed by atoms with van der Waals surface area (Å²) in [5.41, 5.74) is 0. The molecule has 0 bridgehead atoms. The van der Waals surface area contributed by atoms with Gasteiger partial charge in [-0.05, 0) is 49.4 Å². The van der Waals surface area contributed by atoms with Crippen molar-refractivity contribution < 1.29 is 80.2 Å². The van der Waals surface area contributed by atoms with Crippen LogP contribution in [0.5, 0.6) is 0 Å². The second-order valence-electron chi connectivity index (χ2n) is 27.6. The number of phosphoric acid groups is 2. The average Bonchev–Trinajstić information content (AvgIpc) is 3.24. The predicted octanol–water partition coefficient (Wildman–Crippen LogP) is 20.5. The van der Waals surface area contributed by atoms with Crippen LogP contribution >= 0.6 is 15.6 Å². The maximum absolute atomic E-state index is 13.0. The van der Waals surface area contributed by atoms with E-state index in [-0.39, 0.29) is 25.7 Å². The molecule has 17 nitrogen and oxygen atoms in total. The molecule has 0 aliphatic heterocycles. The number of carbonyl (C=O) groups is 4. The van der Waals surface area contributed by atoms with Crippen molar-refractivity contribution in [3.8, 4) is 0 Å². The summed E-state index contributed by atoms with van der Waals surface area (Å²) in [6.07, 6.45) is 44.6. The van der Waals surface area contributed by atoms with E-state index in [1.807, 2.05) is 0 Å². The van der Waals surface area contributed by atoms with Gasteiger partial charge >= 0.3 is 39.5 Å². The Morgan fingerprint density at radius 1 is 0.308 bits per heavy atom. The van der Waals surface area contributed by atoms with Gasteiger partial charge < -0.3 is 33.8 Å². The summed E-state index contributed by atoms with van der Waals surface area (Å²) in [4.78, 5) is 72.6. The van der Waals surface area contributed by atoms with Crippen LogP contribution in [0.1, 0.15) is 357 Å². The Morgan fingerprint density at radius 2 is 0.527 bits per heavy atom. The van der Waals surface area contributed by atoms with Crippen LogP contribution in [0.2, 0.25) is 0 Å². The zero-order valence-corrected chi connectivity index (χ0v) is 61.3. The van der Waals surface area contributed by atoms with Gasteiger partial charge in [0.25, 0.3) is 0 Å². The molecule has 0 saturated heterocycles. The molecule has 0 spiro atoms.